The molecule has 2 aliphatic rings. The van der Waals surface area contributed by atoms with E-state index in [0.29, 0.717) is 0 Å². The third kappa shape index (κ3) is 1.32. The van der Waals surface area contributed by atoms with Gasteiger partial charge in [-0.25, -0.2) is 0 Å². The summed E-state index contributed by atoms with van der Waals surface area (Å²) in [6.45, 7) is 2.96. The summed E-state index contributed by atoms with van der Waals surface area (Å²) < 4.78 is 5.24. The molecule has 1 aromatic carbocycles. The van der Waals surface area contributed by atoms with Crippen LogP contribution in [-0.2, 0) is 5.41 Å². The van der Waals surface area contributed by atoms with E-state index in [-0.39, 0.29) is 5.41 Å². The zero-order valence-corrected chi connectivity index (χ0v) is 9.42. The number of benzene rings is 1. The number of nitrogens with one attached hydrogen (secondary N) is 2. The van der Waals surface area contributed by atoms with Crippen molar-refractivity contribution in [1.82, 2.24) is 5.32 Å². The first kappa shape index (κ1) is 9.73. The molecule has 1 spiro atoms. The van der Waals surface area contributed by atoms with Crippen molar-refractivity contribution in [3.63, 3.8) is 0 Å². The topological polar surface area (TPSA) is 33.3 Å². The van der Waals surface area contributed by atoms with Crippen LogP contribution in [0.15, 0.2) is 30.4 Å². The Balaban J connectivity index is 2.05. The molecule has 3 nitrogen and oxygen atoms in total. The van der Waals surface area contributed by atoms with Crippen molar-refractivity contribution in [3.05, 3.63) is 35.9 Å². The van der Waals surface area contributed by atoms with E-state index in [9.17, 15) is 0 Å². The predicted octanol–water partition coefficient (Wildman–Crippen LogP) is 1.52. The SMILES string of the molecule is COc1ccc2c(c1)NC[C@]21C=CCNC1. The number of hydrogen-bond donors (Lipinski definition) is 2. The molecule has 3 rings (SSSR count). The van der Waals surface area contributed by atoms with Crippen LogP contribution in [0.4, 0.5) is 5.69 Å². The lowest BCUT2D eigenvalue weighted by Crippen LogP contribution is -2.41. The van der Waals surface area contributed by atoms with E-state index in [2.05, 4.69) is 34.9 Å². The van der Waals surface area contributed by atoms with Gasteiger partial charge in [-0.3, -0.25) is 0 Å². The molecule has 2 N–H and O–H groups in total. The van der Waals surface area contributed by atoms with Crippen LogP contribution in [0.2, 0.25) is 0 Å². The maximum atomic E-state index is 5.24. The molecule has 0 saturated carbocycles. The van der Waals surface area contributed by atoms with Crippen LogP contribution in [-0.4, -0.2) is 26.7 Å². The fourth-order valence-corrected chi connectivity index (χ4v) is 2.61. The summed E-state index contributed by atoms with van der Waals surface area (Å²) in [4.78, 5) is 0. The smallest absolute Gasteiger partial charge is 0.120 e. The van der Waals surface area contributed by atoms with Crippen molar-refractivity contribution >= 4 is 5.69 Å². The van der Waals surface area contributed by atoms with Gasteiger partial charge in [0.1, 0.15) is 5.75 Å². The minimum absolute atomic E-state index is 0.139. The normalized spacial score (nSPS) is 26.6. The molecule has 1 atom stereocenters. The highest BCUT2D eigenvalue weighted by Gasteiger charge is 2.37. The van der Waals surface area contributed by atoms with E-state index in [1.54, 1.807) is 7.11 Å². The summed E-state index contributed by atoms with van der Waals surface area (Å²) in [6, 6.07) is 6.29. The zero-order valence-electron chi connectivity index (χ0n) is 9.42. The molecule has 3 heteroatoms. The number of rotatable bonds is 1. The fraction of sp³-hybridized carbons (Fsp3) is 0.385. The van der Waals surface area contributed by atoms with Crippen LogP contribution in [0, 0.1) is 0 Å². The Morgan fingerprint density at radius 2 is 2.25 bits per heavy atom. The average Bonchev–Trinajstić information content (AvgIpc) is 2.69. The predicted molar refractivity (Wildman–Crippen MR) is 65.2 cm³/mol. The number of ether oxygens (including phenoxy) is 1. The lowest BCUT2D eigenvalue weighted by atomic mass is 9.80. The van der Waals surface area contributed by atoms with Gasteiger partial charge in [-0.1, -0.05) is 18.2 Å². The monoisotopic (exact) mass is 216 g/mol. The first-order chi connectivity index (χ1) is 7.84. The highest BCUT2D eigenvalue weighted by atomic mass is 16.5. The van der Waals surface area contributed by atoms with Crippen molar-refractivity contribution in [2.24, 2.45) is 0 Å². The van der Waals surface area contributed by atoms with Crippen molar-refractivity contribution < 1.29 is 4.74 Å². The molecule has 16 heavy (non-hydrogen) atoms. The lowest BCUT2D eigenvalue weighted by Gasteiger charge is -2.29. The first-order valence-corrected chi connectivity index (χ1v) is 5.65. The van der Waals surface area contributed by atoms with Gasteiger partial charge in [0.15, 0.2) is 0 Å². The molecule has 2 aliphatic heterocycles. The van der Waals surface area contributed by atoms with E-state index < -0.39 is 0 Å². The molecule has 0 fully saturated rings. The van der Waals surface area contributed by atoms with Gasteiger partial charge < -0.3 is 15.4 Å². The summed E-state index contributed by atoms with van der Waals surface area (Å²) >= 11 is 0. The second-order valence-electron chi connectivity index (χ2n) is 4.45. The highest BCUT2D eigenvalue weighted by molar-refractivity contribution is 5.65. The van der Waals surface area contributed by atoms with E-state index in [1.807, 2.05) is 6.07 Å². The fourth-order valence-electron chi connectivity index (χ4n) is 2.61. The largest absolute Gasteiger partial charge is 0.497 e. The Hall–Kier alpha value is -1.48. The Morgan fingerprint density at radius 1 is 1.31 bits per heavy atom. The molecule has 1 aromatic rings. The number of anilines is 1. The molecule has 2 heterocycles. The average molecular weight is 216 g/mol. The molecule has 0 aliphatic carbocycles. The zero-order chi connectivity index (χ0) is 11.0. The van der Waals surface area contributed by atoms with Gasteiger partial charge in [0.25, 0.3) is 0 Å². The molecule has 0 bridgehead atoms. The van der Waals surface area contributed by atoms with Gasteiger partial charge in [-0.15, -0.1) is 0 Å². The molecule has 0 saturated heterocycles. The number of hydrogen-bond acceptors (Lipinski definition) is 3. The van der Waals surface area contributed by atoms with E-state index >= 15 is 0 Å². The Bertz CT molecular complexity index is 442. The van der Waals surface area contributed by atoms with Gasteiger partial charge in [-0.05, 0) is 11.6 Å². The van der Waals surface area contributed by atoms with Crippen molar-refractivity contribution in [2.45, 2.75) is 5.41 Å². The Kier molecular flexibility index (Phi) is 2.14. The summed E-state index contributed by atoms with van der Waals surface area (Å²) in [5, 5.41) is 6.89. The van der Waals surface area contributed by atoms with Crippen LogP contribution in [0.3, 0.4) is 0 Å². The van der Waals surface area contributed by atoms with E-state index in [1.165, 1.54) is 11.3 Å². The van der Waals surface area contributed by atoms with Gasteiger partial charge >= 0.3 is 0 Å². The number of fused-ring (bicyclic) bond motifs is 2. The van der Waals surface area contributed by atoms with E-state index in [0.717, 1.165) is 25.4 Å². The third-order valence-electron chi connectivity index (χ3n) is 3.50. The van der Waals surface area contributed by atoms with Gasteiger partial charge in [0.2, 0.25) is 0 Å². The second-order valence-corrected chi connectivity index (χ2v) is 4.45. The molecule has 0 radical (unpaired) electrons. The van der Waals surface area contributed by atoms with Gasteiger partial charge in [0, 0.05) is 36.8 Å². The van der Waals surface area contributed by atoms with Crippen molar-refractivity contribution in [3.8, 4) is 5.75 Å². The minimum atomic E-state index is 0.139. The standard InChI is InChI=1S/C13H16N2O/c1-16-10-3-4-11-12(7-10)15-9-13(11)5-2-6-14-8-13/h2-5,7,14-15H,6,8-9H2,1H3/t13-/m1/s1. The Morgan fingerprint density at radius 3 is 3.00 bits per heavy atom. The van der Waals surface area contributed by atoms with Crippen LogP contribution in [0.5, 0.6) is 5.75 Å². The van der Waals surface area contributed by atoms with Crippen molar-refractivity contribution in [2.75, 3.05) is 32.1 Å². The molecule has 0 amide bonds. The highest BCUT2D eigenvalue weighted by Crippen LogP contribution is 2.40. The summed E-state index contributed by atoms with van der Waals surface area (Å²) in [5.74, 6) is 0.913. The number of methoxy groups -OCH3 is 1. The van der Waals surface area contributed by atoms with Crippen molar-refractivity contribution in [1.29, 1.82) is 0 Å². The van der Waals surface area contributed by atoms with Crippen LogP contribution in [0.1, 0.15) is 5.56 Å². The van der Waals surface area contributed by atoms with Gasteiger partial charge in [0.05, 0.1) is 7.11 Å². The minimum Gasteiger partial charge on any atom is -0.497 e. The Labute approximate surface area is 95.5 Å². The molecular weight excluding hydrogens is 200 g/mol. The summed E-state index contributed by atoms with van der Waals surface area (Å²) in [7, 11) is 1.70. The van der Waals surface area contributed by atoms with Gasteiger partial charge in [-0.2, -0.15) is 0 Å². The maximum Gasteiger partial charge on any atom is 0.120 e. The van der Waals surface area contributed by atoms with E-state index in [4.69, 9.17) is 4.74 Å². The second kappa shape index (κ2) is 3.52. The quantitative estimate of drug-likeness (QED) is 0.698. The first-order valence-electron chi connectivity index (χ1n) is 5.65. The van der Waals surface area contributed by atoms with Crippen LogP contribution < -0.4 is 15.4 Å². The van der Waals surface area contributed by atoms with Crippen LogP contribution in [0.25, 0.3) is 0 Å². The molecule has 84 valence electrons. The van der Waals surface area contributed by atoms with Crippen LogP contribution >= 0.6 is 0 Å². The third-order valence-corrected chi connectivity index (χ3v) is 3.50. The summed E-state index contributed by atoms with van der Waals surface area (Å²) in [6.07, 6.45) is 4.54. The lowest BCUT2D eigenvalue weighted by molar-refractivity contribution is 0.414. The molecule has 0 aromatic heterocycles. The molecular formula is C13H16N2O. The summed E-state index contributed by atoms with van der Waals surface area (Å²) in [5.41, 5.74) is 2.71. The maximum absolute atomic E-state index is 5.24. The molecule has 0 unspecified atom stereocenters.